The maximum absolute atomic E-state index is 12.9. The van der Waals surface area contributed by atoms with Crippen LogP contribution in [0.15, 0.2) is 40.3 Å². The first kappa shape index (κ1) is 15.5. The summed E-state index contributed by atoms with van der Waals surface area (Å²) in [5.74, 6) is 0. The number of aryl methyl sites for hydroxylation is 2. The lowest BCUT2D eigenvalue weighted by molar-refractivity contribution is 0.509. The summed E-state index contributed by atoms with van der Waals surface area (Å²) < 4.78 is 4.46. The van der Waals surface area contributed by atoms with Gasteiger partial charge in [-0.15, -0.1) is 16.4 Å². The average Bonchev–Trinajstić information content (AvgIpc) is 3.20. The van der Waals surface area contributed by atoms with Gasteiger partial charge in [0.15, 0.2) is 5.65 Å². The number of nitrogens with zero attached hydrogens (tertiary/aromatic N) is 5. The minimum Gasteiger partial charge on any atom is -0.312 e. The molecule has 0 aliphatic carbocycles. The second-order valence-corrected chi connectivity index (χ2v) is 7.37. The molecule has 1 aliphatic heterocycles. The van der Waals surface area contributed by atoms with Gasteiger partial charge in [0.2, 0.25) is 0 Å². The van der Waals surface area contributed by atoms with E-state index in [0.717, 1.165) is 35.3 Å². The summed E-state index contributed by atoms with van der Waals surface area (Å²) in [6.45, 7) is 2.35. The van der Waals surface area contributed by atoms with E-state index in [1.807, 2.05) is 6.07 Å². The van der Waals surface area contributed by atoms with Crippen molar-refractivity contribution in [2.45, 2.75) is 26.1 Å². The van der Waals surface area contributed by atoms with E-state index in [9.17, 15) is 9.59 Å². The van der Waals surface area contributed by atoms with E-state index in [1.165, 1.54) is 14.0 Å². The van der Waals surface area contributed by atoms with Crippen LogP contribution in [-0.4, -0.2) is 30.3 Å². The molecule has 5 rings (SSSR count). The molecule has 26 heavy (non-hydrogen) atoms. The Labute approximate surface area is 151 Å². The predicted octanol–water partition coefficient (Wildman–Crippen LogP) is 0.613. The van der Waals surface area contributed by atoms with Crippen LogP contribution < -0.4 is 16.6 Å². The Morgan fingerprint density at radius 1 is 1.23 bits per heavy atom. The van der Waals surface area contributed by atoms with E-state index in [4.69, 9.17) is 0 Å². The summed E-state index contributed by atoms with van der Waals surface area (Å²) >= 11 is 1.58. The Bertz CT molecular complexity index is 1250. The highest BCUT2D eigenvalue weighted by atomic mass is 32.1. The fourth-order valence-corrected chi connectivity index (χ4v) is 4.57. The molecule has 4 aromatic rings. The summed E-state index contributed by atoms with van der Waals surface area (Å²) in [6.07, 6.45) is 4.11. The van der Waals surface area contributed by atoms with Gasteiger partial charge < -0.3 is 5.32 Å². The molecule has 0 atom stereocenters. The molecule has 0 spiro atoms. The van der Waals surface area contributed by atoms with E-state index in [-0.39, 0.29) is 11.2 Å². The van der Waals surface area contributed by atoms with Crippen LogP contribution in [0.3, 0.4) is 0 Å². The Hall–Kier alpha value is -2.78. The van der Waals surface area contributed by atoms with Crippen LogP contribution in [0, 0.1) is 0 Å². The molecular weight excluding hydrogens is 352 g/mol. The molecule has 0 aromatic carbocycles. The third kappa shape index (κ3) is 2.31. The van der Waals surface area contributed by atoms with Gasteiger partial charge in [-0.1, -0.05) is 6.07 Å². The first-order valence-electron chi connectivity index (χ1n) is 8.47. The fourth-order valence-electron chi connectivity index (χ4n) is 3.43. The number of hydrogen-bond donors (Lipinski definition) is 1. The molecule has 1 N–H and O–H groups in total. The summed E-state index contributed by atoms with van der Waals surface area (Å²) in [5, 5.41) is 8.36. The number of fused-ring (bicyclic) bond motifs is 4. The summed E-state index contributed by atoms with van der Waals surface area (Å²) in [7, 11) is 0. The highest BCUT2D eigenvalue weighted by molar-refractivity contribution is 7.18. The van der Waals surface area contributed by atoms with Gasteiger partial charge in [-0.3, -0.25) is 13.8 Å². The smallest absolute Gasteiger partial charge is 0.312 e. The first-order valence-corrected chi connectivity index (χ1v) is 9.28. The van der Waals surface area contributed by atoms with Crippen LogP contribution in [0.1, 0.15) is 10.4 Å². The van der Waals surface area contributed by atoms with Gasteiger partial charge in [-0.25, -0.2) is 14.5 Å². The van der Waals surface area contributed by atoms with Crippen molar-refractivity contribution in [1.29, 1.82) is 0 Å². The average molecular weight is 368 g/mol. The summed E-state index contributed by atoms with van der Waals surface area (Å²) in [4.78, 5) is 31.7. The quantitative estimate of drug-likeness (QED) is 0.573. The molecule has 4 aromatic heterocycles. The van der Waals surface area contributed by atoms with Crippen molar-refractivity contribution in [3.8, 4) is 0 Å². The fraction of sp³-hybridized carbons (Fsp3) is 0.294. The van der Waals surface area contributed by atoms with Gasteiger partial charge in [0.1, 0.15) is 4.83 Å². The van der Waals surface area contributed by atoms with Gasteiger partial charge in [-0.2, -0.15) is 0 Å². The number of hydrogen-bond acceptors (Lipinski definition) is 6. The predicted molar refractivity (Wildman–Crippen MR) is 98.7 cm³/mol. The minimum atomic E-state index is -0.207. The maximum Gasteiger partial charge on any atom is 0.350 e. The highest BCUT2D eigenvalue weighted by Gasteiger charge is 2.19. The molecule has 0 fully saturated rings. The molecule has 0 amide bonds. The van der Waals surface area contributed by atoms with Gasteiger partial charge in [0.05, 0.1) is 18.3 Å². The zero-order valence-electron chi connectivity index (χ0n) is 13.9. The summed E-state index contributed by atoms with van der Waals surface area (Å²) in [6, 6.07) is 5.41. The molecule has 9 heteroatoms. The Morgan fingerprint density at radius 2 is 2.15 bits per heavy atom. The lowest BCUT2D eigenvalue weighted by Gasteiger charge is -2.12. The molecule has 0 saturated carbocycles. The monoisotopic (exact) mass is 368 g/mol. The van der Waals surface area contributed by atoms with Crippen molar-refractivity contribution < 1.29 is 0 Å². The molecule has 0 bridgehead atoms. The van der Waals surface area contributed by atoms with Crippen LogP contribution in [-0.2, 0) is 26.1 Å². The van der Waals surface area contributed by atoms with Crippen molar-refractivity contribution in [2.75, 3.05) is 6.54 Å². The lowest BCUT2D eigenvalue weighted by atomic mass is 10.1. The Kier molecular flexibility index (Phi) is 3.50. The van der Waals surface area contributed by atoms with E-state index in [1.54, 1.807) is 40.6 Å². The van der Waals surface area contributed by atoms with E-state index in [0.29, 0.717) is 18.7 Å². The minimum absolute atomic E-state index is 0.0359. The zero-order chi connectivity index (χ0) is 17.7. The van der Waals surface area contributed by atoms with Crippen molar-refractivity contribution in [3.63, 3.8) is 0 Å². The Balaban J connectivity index is 1.51. The third-order valence-electron chi connectivity index (χ3n) is 4.74. The van der Waals surface area contributed by atoms with Gasteiger partial charge in [-0.05, 0) is 30.7 Å². The zero-order valence-corrected chi connectivity index (χ0v) is 14.7. The van der Waals surface area contributed by atoms with Crippen LogP contribution in [0.25, 0.3) is 15.9 Å². The molecule has 0 radical (unpaired) electrons. The molecule has 0 saturated heterocycles. The van der Waals surface area contributed by atoms with Crippen molar-refractivity contribution >= 4 is 27.2 Å². The normalized spacial score (nSPS) is 14.2. The van der Waals surface area contributed by atoms with Crippen LogP contribution >= 0.6 is 11.3 Å². The van der Waals surface area contributed by atoms with E-state index in [2.05, 4.69) is 15.4 Å². The molecule has 8 nitrogen and oxygen atoms in total. The number of nitrogens with one attached hydrogen (secondary N) is 1. The Morgan fingerprint density at radius 3 is 3.04 bits per heavy atom. The number of aromatic nitrogens is 5. The van der Waals surface area contributed by atoms with Crippen molar-refractivity contribution in [1.82, 2.24) is 29.0 Å². The molecule has 1 aliphatic rings. The second-order valence-electron chi connectivity index (χ2n) is 6.29. The number of pyridine rings is 1. The largest absolute Gasteiger partial charge is 0.350 e. The lowest BCUT2D eigenvalue weighted by Crippen LogP contribution is -2.28. The maximum atomic E-state index is 12.9. The van der Waals surface area contributed by atoms with Gasteiger partial charge >= 0.3 is 5.69 Å². The molecule has 5 heterocycles. The van der Waals surface area contributed by atoms with Crippen molar-refractivity contribution in [2.24, 2.45) is 0 Å². The SMILES string of the molecule is O=c1c2c3c(sc2ncn1CCn1nc2ccccn2c1=O)CNCC3. The molecule has 132 valence electrons. The van der Waals surface area contributed by atoms with Gasteiger partial charge in [0.25, 0.3) is 5.56 Å². The first-order chi connectivity index (χ1) is 12.7. The number of thiophene rings is 1. The van der Waals surface area contributed by atoms with Crippen LogP contribution in [0.2, 0.25) is 0 Å². The second kappa shape index (κ2) is 5.89. The summed E-state index contributed by atoms with van der Waals surface area (Å²) in [5.41, 5.74) is 1.48. The number of rotatable bonds is 3. The standard InChI is InChI=1S/C17H16N6O2S/c24-16-14-11-4-5-18-9-12(11)26-15(14)19-10-21(16)7-8-23-17(25)22-6-2-1-3-13(22)20-23/h1-3,6,10,18H,4-5,7-9H2. The van der Waals surface area contributed by atoms with Crippen LogP contribution in [0.5, 0.6) is 0 Å². The van der Waals surface area contributed by atoms with E-state index < -0.39 is 0 Å². The van der Waals surface area contributed by atoms with Crippen LogP contribution in [0.4, 0.5) is 0 Å². The van der Waals surface area contributed by atoms with Crippen molar-refractivity contribution in [3.05, 3.63) is 62.0 Å². The molecule has 0 unspecified atom stereocenters. The van der Waals surface area contributed by atoms with Gasteiger partial charge in [0, 0.05) is 24.2 Å². The molecular formula is C17H16N6O2S. The third-order valence-corrected chi connectivity index (χ3v) is 5.88. The highest BCUT2D eigenvalue weighted by Crippen LogP contribution is 2.29. The van der Waals surface area contributed by atoms with E-state index >= 15 is 0 Å². The topological polar surface area (TPSA) is 86.2 Å².